The highest BCUT2D eigenvalue weighted by molar-refractivity contribution is 5.92. The second kappa shape index (κ2) is 12.6. The third-order valence-electron chi connectivity index (χ3n) is 9.22. The van der Waals surface area contributed by atoms with E-state index in [0.717, 1.165) is 56.7 Å². The number of nitrogens with zero attached hydrogens (tertiary/aromatic N) is 3. The van der Waals surface area contributed by atoms with E-state index in [4.69, 9.17) is 0 Å². The van der Waals surface area contributed by atoms with Gasteiger partial charge in [0.25, 0.3) is 0 Å². The second-order valence-electron chi connectivity index (χ2n) is 12.1. The minimum Gasteiger partial charge on any atom is -0.325 e. The van der Waals surface area contributed by atoms with Gasteiger partial charge in [-0.1, -0.05) is 12.1 Å². The summed E-state index contributed by atoms with van der Waals surface area (Å²) in [6, 6.07) is 8.43. The number of hydrogen-bond donors (Lipinski definition) is 2. The zero-order chi connectivity index (χ0) is 30.8. The molecule has 1 spiro atoms. The van der Waals surface area contributed by atoms with Crippen LogP contribution in [0.1, 0.15) is 54.7 Å². The molecular weight excluding hydrogens is 574 g/mol. The number of piperazine rings is 1. The SMILES string of the molecule is O=C(C[C@@H](c1ccc(F)cc1)c1cc(F)cc(F)c1)Nc1cncc(F)c1C[C@@H]1C[C@]12CNCCN2C(=O)N1CCCCC1. The molecule has 11 heteroatoms. The molecule has 3 fully saturated rings. The highest BCUT2D eigenvalue weighted by Gasteiger charge is 2.60. The summed E-state index contributed by atoms with van der Waals surface area (Å²) < 4.78 is 57.2. The van der Waals surface area contributed by atoms with Crippen molar-refractivity contribution < 1.29 is 27.2 Å². The summed E-state index contributed by atoms with van der Waals surface area (Å²) >= 11 is 0. The van der Waals surface area contributed by atoms with Gasteiger partial charge < -0.3 is 20.4 Å². The zero-order valence-corrected chi connectivity index (χ0v) is 24.3. The normalized spacial score (nSPS) is 22.1. The van der Waals surface area contributed by atoms with Crippen LogP contribution in [-0.2, 0) is 11.2 Å². The Morgan fingerprint density at radius 2 is 1.66 bits per heavy atom. The number of aromatic nitrogens is 1. The molecule has 2 aromatic carbocycles. The smallest absolute Gasteiger partial charge is 0.320 e. The van der Waals surface area contributed by atoms with Crippen molar-refractivity contribution in [3.05, 3.63) is 94.8 Å². The summed E-state index contributed by atoms with van der Waals surface area (Å²) in [5, 5.41) is 6.17. The van der Waals surface area contributed by atoms with Gasteiger partial charge in [-0.05, 0) is 73.4 Å². The van der Waals surface area contributed by atoms with E-state index in [2.05, 4.69) is 15.6 Å². The third-order valence-corrected chi connectivity index (χ3v) is 9.22. The monoisotopic (exact) mass is 609 g/mol. The molecule has 2 aliphatic heterocycles. The van der Waals surface area contributed by atoms with Crippen LogP contribution in [0.4, 0.5) is 28.0 Å². The van der Waals surface area contributed by atoms with Crippen molar-refractivity contribution in [2.75, 3.05) is 38.0 Å². The van der Waals surface area contributed by atoms with Gasteiger partial charge in [0.1, 0.15) is 23.3 Å². The van der Waals surface area contributed by atoms with Gasteiger partial charge in [0.05, 0.1) is 23.6 Å². The largest absolute Gasteiger partial charge is 0.325 e. The number of anilines is 1. The number of amides is 3. The van der Waals surface area contributed by atoms with Crippen LogP contribution in [0, 0.1) is 29.2 Å². The average Bonchev–Trinajstić information content (AvgIpc) is 3.69. The van der Waals surface area contributed by atoms with Gasteiger partial charge in [0, 0.05) is 56.7 Å². The van der Waals surface area contributed by atoms with Gasteiger partial charge in [-0.15, -0.1) is 0 Å². The lowest BCUT2D eigenvalue weighted by Gasteiger charge is -2.42. The standard InChI is InChI=1S/C33H35F4N5O2/c34-24-6-4-21(5-7-24)27(22-12-25(35)15-26(36)13-22)16-31(43)40-30-19-39-18-29(37)28(30)14-23-17-33(23)20-38-8-11-42(33)32(44)41-9-2-1-3-10-41/h4-7,12-13,15,18-19,23,27,38H,1-3,8-11,14,16-17,20H2,(H,40,43)/t23-,27+,33+/m1/s1. The number of piperidine rings is 1. The number of rotatable bonds is 7. The number of nitrogens with one attached hydrogen (secondary N) is 2. The summed E-state index contributed by atoms with van der Waals surface area (Å²) in [5.74, 6) is -3.98. The van der Waals surface area contributed by atoms with Gasteiger partial charge >= 0.3 is 6.03 Å². The first-order valence-corrected chi connectivity index (χ1v) is 15.1. The van der Waals surface area contributed by atoms with Crippen LogP contribution in [0.2, 0.25) is 0 Å². The molecule has 6 rings (SSSR count). The van der Waals surface area contributed by atoms with Crippen LogP contribution in [0.15, 0.2) is 54.9 Å². The number of hydrogen-bond acceptors (Lipinski definition) is 4. The molecular formula is C33H35F4N5O2. The molecule has 3 heterocycles. The molecule has 1 aromatic heterocycles. The van der Waals surface area contributed by atoms with E-state index in [1.54, 1.807) is 0 Å². The van der Waals surface area contributed by atoms with Crippen LogP contribution in [-0.4, -0.2) is 65.0 Å². The van der Waals surface area contributed by atoms with Crippen molar-refractivity contribution in [3.63, 3.8) is 0 Å². The lowest BCUT2D eigenvalue weighted by molar-refractivity contribution is -0.116. The van der Waals surface area contributed by atoms with Crippen molar-refractivity contribution in [1.82, 2.24) is 20.1 Å². The van der Waals surface area contributed by atoms with Gasteiger partial charge in [-0.3, -0.25) is 9.78 Å². The van der Waals surface area contributed by atoms with E-state index in [1.807, 2.05) is 9.80 Å². The molecule has 232 valence electrons. The number of carbonyl (C=O) groups is 2. The Morgan fingerprint density at radius 3 is 2.39 bits per heavy atom. The Morgan fingerprint density at radius 1 is 0.932 bits per heavy atom. The molecule has 3 atom stereocenters. The maximum atomic E-state index is 15.3. The second-order valence-corrected chi connectivity index (χ2v) is 12.1. The molecule has 3 aliphatic rings. The van der Waals surface area contributed by atoms with Crippen LogP contribution in [0.5, 0.6) is 0 Å². The summed E-state index contributed by atoms with van der Waals surface area (Å²) in [5.41, 5.74) is 0.787. The number of likely N-dealkylation sites (tertiary alicyclic amines) is 1. The lowest BCUT2D eigenvalue weighted by Crippen LogP contribution is -2.60. The van der Waals surface area contributed by atoms with Crippen LogP contribution < -0.4 is 10.6 Å². The molecule has 3 aromatic rings. The van der Waals surface area contributed by atoms with Crippen molar-refractivity contribution in [3.8, 4) is 0 Å². The molecule has 0 bridgehead atoms. The molecule has 2 N–H and O–H groups in total. The molecule has 2 saturated heterocycles. The summed E-state index contributed by atoms with van der Waals surface area (Å²) in [6.07, 6.45) is 6.38. The summed E-state index contributed by atoms with van der Waals surface area (Å²) in [6.45, 7) is 3.40. The Kier molecular flexibility index (Phi) is 8.57. The Hall–Kier alpha value is -3.99. The fraction of sp³-hybridized carbons (Fsp3) is 0.424. The summed E-state index contributed by atoms with van der Waals surface area (Å²) in [7, 11) is 0. The fourth-order valence-electron chi connectivity index (χ4n) is 6.84. The number of benzene rings is 2. The molecule has 3 amide bonds. The van der Waals surface area contributed by atoms with E-state index >= 15 is 4.39 Å². The van der Waals surface area contributed by atoms with E-state index in [-0.39, 0.29) is 29.6 Å². The molecule has 0 unspecified atom stereocenters. The molecule has 0 radical (unpaired) electrons. The van der Waals surface area contributed by atoms with E-state index in [0.29, 0.717) is 43.6 Å². The van der Waals surface area contributed by atoms with Gasteiger partial charge in [-0.2, -0.15) is 0 Å². The minimum absolute atomic E-state index is 0.0150. The van der Waals surface area contributed by atoms with E-state index < -0.39 is 40.6 Å². The Labute approximate surface area is 253 Å². The number of urea groups is 1. The topological polar surface area (TPSA) is 77.6 Å². The number of pyridine rings is 1. The quantitative estimate of drug-likeness (QED) is 0.342. The van der Waals surface area contributed by atoms with Crippen LogP contribution >= 0.6 is 0 Å². The first-order valence-electron chi connectivity index (χ1n) is 15.1. The minimum atomic E-state index is -0.799. The summed E-state index contributed by atoms with van der Waals surface area (Å²) in [4.78, 5) is 34.7. The van der Waals surface area contributed by atoms with Crippen LogP contribution in [0.3, 0.4) is 0 Å². The van der Waals surface area contributed by atoms with Gasteiger partial charge in [-0.25, -0.2) is 22.4 Å². The van der Waals surface area contributed by atoms with Crippen molar-refractivity contribution in [1.29, 1.82) is 0 Å². The highest BCUT2D eigenvalue weighted by atomic mass is 19.1. The van der Waals surface area contributed by atoms with Gasteiger partial charge in [0.2, 0.25) is 5.91 Å². The van der Waals surface area contributed by atoms with Gasteiger partial charge in [0.15, 0.2) is 0 Å². The van der Waals surface area contributed by atoms with Crippen LogP contribution in [0.25, 0.3) is 0 Å². The molecule has 7 nitrogen and oxygen atoms in total. The third kappa shape index (κ3) is 6.29. The van der Waals surface area contributed by atoms with Crippen molar-refractivity contribution >= 4 is 17.6 Å². The highest BCUT2D eigenvalue weighted by Crippen LogP contribution is 2.52. The maximum Gasteiger partial charge on any atom is 0.320 e. The molecule has 44 heavy (non-hydrogen) atoms. The molecule has 1 aliphatic carbocycles. The maximum absolute atomic E-state index is 15.3. The molecule has 1 saturated carbocycles. The number of carbonyl (C=O) groups excluding carboxylic acids is 2. The first kappa shape index (κ1) is 30.1. The predicted octanol–water partition coefficient (Wildman–Crippen LogP) is 5.61. The Bertz CT molecular complexity index is 1510. The van der Waals surface area contributed by atoms with E-state index in [1.165, 1.54) is 30.5 Å². The average molecular weight is 610 g/mol. The number of halogens is 4. The predicted molar refractivity (Wildman–Crippen MR) is 157 cm³/mol. The van der Waals surface area contributed by atoms with Crippen molar-refractivity contribution in [2.45, 2.75) is 50.0 Å². The first-order chi connectivity index (χ1) is 21.2. The van der Waals surface area contributed by atoms with E-state index in [9.17, 15) is 22.8 Å². The van der Waals surface area contributed by atoms with Crippen molar-refractivity contribution in [2.24, 2.45) is 5.92 Å². The fourth-order valence-corrected chi connectivity index (χ4v) is 6.84. The Balaban J connectivity index is 1.20. The lowest BCUT2D eigenvalue weighted by atomic mass is 9.88. The zero-order valence-electron chi connectivity index (χ0n) is 24.3.